The van der Waals surface area contributed by atoms with Gasteiger partial charge in [0.25, 0.3) is 5.56 Å². The number of carbonyl (C=O) groups excluding carboxylic acids is 2. The molecule has 3 N–H and O–H groups in total. The van der Waals surface area contributed by atoms with Crippen LogP contribution >= 0.6 is 11.8 Å². The Morgan fingerprint density at radius 2 is 1.96 bits per heavy atom. The number of thioether (sulfide) groups is 1. The fourth-order valence-electron chi connectivity index (χ4n) is 2.26. The third-order valence-electron chi connectivity index (χ3n) is 3.65. The first kappa shape index (κ1) is 19.0. The molecular weight excluding hydrogens is 340 g/mol. The topological polar surface area (TPSA) is 107 Å². The lowest BCUT2D eigenvalue weighted by molar-refractivity contribution is -0.119. The molecule has 0 radical (unpaired) electrons. The maximum atomic E-state index is 12.8. The molecule has 1 aromatic carbocycles. The second-order valence-electron chi connectivity index (χ2n) is 6.16. The molecule has 8 heteroatoms. The zero-order valence-corrected chi connectivity index (χ0v) is 15.3. The van der Waals surface area contributed by atoms with Crippen LogP contribution in [0, 0.1) is 5.92 Å². The predicted molar refractivity (Wildman–Crippen MR) is 98.5 cm³/mol. The maximum Gasteiger partial charge on any atom is 0.318 e. The van der Waals surface area contributed by atoms with E-state index in [9.17, 15) is 14.4 Å². The number of urea groups is 1. The molecule has 0 saturated carbocycles. The smallest absolute Gasteiger partial charge is 0.318 e. The summed E-state index contributed by atoms with van der Waals surface area (Å²) in [5.41, 5.74) is 5.44. The van der Waals surface area contributed by atoms with Gasteiger partial charge in [0.05, 0.1) is 16.2 Å². The summed E-state index contributed by atoms with van der Waals surface area (Å²) in [6, 6.07) is 6.22. The number of carbonyl (C=O) groups is 2. The second-order valence-corrected chi connectivity index (χ2v) is 7.47. The van der Waals surface area contributed by atoms with Crippen molar-refractivity contribution in [2.24, 2.45) is 11.7 Å². The number of imide groups is 1. The van der Waals surface area contributed by atoms with Gasteiger partial charge >= 0.3 is 6.03 Å². The fraction of sp³-hybridized carbons (Fsp3) is 0.412. The molecule has 0 fully saturated rings. The second kappa shape index (κ2) is 8.15. The number of hydrogen-bond acceptors (Lipinski definition) is 5. The Morgan fingerprint density at radius 3 is 2.60 bits per heavy atom. The van der Waals surface area contributed by atoms with Crippen molar-refractivity contribution < 1.29 is 9.59 Å². The van der Waals surface area contributed by atoms with Crippen molar-refractivity contribution in [1.29, 1.82) is 0 Å². The minimum absolute atomic E-state index is 0.128. The lowest BCUT2D eigenvalue weighted by Crippen LogP contribution is -2.39. The first-order chi connectivity index (χ1) is 11.8. The number of hydrogen-bond donors (Lipinski definition) is 2. The minimum atomic E-state index is -0.902. The molecule has 1 heterocycles. The molecule has 25 heavy (non-hydrogen) atoms. The minimum Gasteiger partial charge on any atom is -0.351 e. The summed E-state index contributed by atoms with van der Waals surface area (Å²) in [6.45, 7) is 6.31. The van der Waals surface area contributed by atoms with Gasteiger partial charge in [-0.2, -0.15) is 0 Å². The van der Waals surface area contributed by atoms with Crippen molar-refractivity contribution in [2.45, 2.75) is 44.1 Å². The Bertz CT molecular complexity index is 847. The number of amides is 3. The van der Waals surface area contributed by atoms with Crippen LogP contribution in [0.1, 0.15) is 27.2 Å². The first-order valence-electron chi connectivity index (χ1n) is 8.06. The van der Waals surface area contributed by atoms with Crippen molar-refractivity contribution >= 4 is 34.6 Å². The molecule has 2 rings (SSSR count). The largest absolute Gasteiger partial charge is 0.351 e. The predicted octanol–water partition coefficient (Wildman–Crippen LogP) is 2.12. The molecule has 7 nitrogen and oxygen atoms in total. The van der Waals surface area contributed by atoms with Gasteiger partial charge in [0.1, 0.15) is 0 Å². The molecule has 0 aliphatic carbocycles. The van der Waals surface area contributed by atoms with E-state index in [1.54, 1.807) is 29.7 Å². The van der Waals surface area contributed by atoms with Crippen LogP contribution in [-0.2, 0) is 11.3 Å². The number of nitrogens with one attached hydrogen (secondary N) is 1. The summed E-state index contributed by atoms with van der Waals surface area (Å²) in [5.74, 6) is -0.0953. The monoisotopic (exact) mass is 362 g/mol. The highest BCUT2D eigenvalue weighted by atomic mass is 32.2. The number of para-hydroxylation sites is 1. The molecule has 0 spiro atoms. The van der Waals surface area contributed by atoms with Crippen molar-refractivity contribution in [3.05, 3.63) is 34.6 Å². The van der Waals surface area contributed by atoms with Crippen molar-refractivity contribution in [1.82, 2.24) is 14.9 Å². The molecule has 0 aliphatic rings. The van der Waals surface area contributed by atoms with E-state index in [1.807, 2.05) is 11.4 Å². The molecule has 0 unspecified atom stereocenters. The Morgan fingerprint density at radius 1 is 1.28 bits per heavy atom. The average Bonchev–Trinajstić information content (AvgIpc) is 2.53. The normalized spacial score (nSPS) is 12.3. The molecule has 0 saturated heterocycles. The highest BCUT2D eigenvalue weighted by molar-refractivity contribution is 8.00. The van der Waals surface area contributed by atoms with Gasteiger partial charge in [-0.25, -0.2) is 9.78 Å². The third-order valence-corrected chi connectivity index (χ3v) is 4.74. The number of nitrogens with two attached hydrogens (primary N) is 1. The van der Waals surface area contributed by atoms with E-state index in [1.165, 1.54) is 0 Å². The van der Waals surface area contributed by atoms with Gasteiger partial charge in [0, 0.05) is 6.54 Å². The first-order valence-corrected chi connectivity index (χ1v) is 8.94. The van der Waals surface area contributed by atoms with Gasteiger partial charge in [0.2, 0.25) is 5.91 Å². The van der Waals surface area contributed by atoms with Crippen LogP contribution in [0.15, 0.2) is 34.2 Å². The summed E-state index contributed by atoms with van der Waals surface area (Å²) in [6.07, 6.45) is 0.815. The van der Waals surface area contributed by atoms with E-state index in [2.05, 4.69) is 18.8 Å². The molecule has 1 atom stereocenters. The molecular formula is C17H22N4O3S. The summed E-state index contributed by atoms with van der Waals surface area (Å²) >= 11 is 1.13. The number of fused-ring (bicyclic) bond motifs is 1. The summed E-state index contributed by atoms with van der Waals surface area (Å²) < 4.78 is 1.60. The lowest BCUT2D eigenvalue weighted by atomic mass is 10.1. The Balaban J connectivity index is 2.41. The number of primary amides is 1. The van der Waals surface area contributed by atoms with E-state index in [-0.39, 0.29) is 5.56 Å². The molecule has 2 aromatic rings. The van der Waals surface area contributed by atoms with Crippen LogP contribution in [0.5, 0.6) is 0 Å². The molecule has 1 aromatic heterocycles. The highest BCUT2D eigenvalue weighted by Gasteiger charge is 2.20. The summed E-state index contributed by atoms with van der Waals surface area (Å²) in [4.78, 5) is 40.2. The van der Waals surface area contributed by atoms with E-state index in [4.69, 9.17) is 5.73 Å². The number of nitrogens with zero attached hydrogens (tertiary/aromatic N) is 2. The van der Waals surface area contributed by atoms with Gasteiger partial charge in [-0.15, -0.1) is 0 Å². The van der Waals surface area contributed by atoms with Crippen LogP contribution in [0.2, 0.25) is 0 Å². The van der Waals surface area contributed by atoms with Crippen molar-refractivity contribution in [3.63, 3.8) is 0 Å². The van der Waals surface area contributed by atoms with E-state index < -0.39 is 17.2 Å². The van der Waals surface area contributed by atoms with Gasteiger partial charge in [0.15, 0.2) is 5.16 Å². The fourth-order valence-corrected chi connectivity index (χ4v) is 3.19. The van der Waals surface area contributed by atoms with Gasteiger partial charge in [-0.1, -0.05) is 37.7 Å². The maximum absolute atomic E-state index is 12.8. The van der Waals surface area contributed by atoms with Gasteiger partial charge in [-0.05, 0) is 31.4 Å². The third kappa shape index (κ3) is 4.82. The van der Waals surface area contributed by atoms with Crippen LogP contribution in [0.25, 0.3) is 10.9 Å². The van der Waals surface area contributed by atoms with Crippen molar-refractivity contribution in [2.75, 3.05) is 0 Å². The summed E-state index contributed by atoms with van der Waals surface area (Å²) in [7, 11) is 0. The molecule has 0 aliphatic heterocycles. The number of benzene rings is 1. The average molecular weight is 362 g/mol. The van der Waals surface area contributed by atoms with E-state index >= 15 is 0 Å². The van der Waals surface area contributed by atoms with E-state index in [0.29, 0.717) is 28.5 Å². The van der Waals surface area contributed by atoms with Crippen molar-refractivity contribution in [3.8, 4) is 0 Å². The Labute approximate surface area is 150 Å². The Kier molecular flexibility index (Phi) is 6.19. The number of aromatic nitrogens is 2. The molecule has 0 bridgehead atoms. The quantitative estimate of drug-likeness (QED) is 0.604. The van der Waals surface area contributed by atoms with Crippen LogP contribution in [0.4, 0.5) is 4.79 Å². The van der Waals surface area contributed by atoms with Crippen LogP contribution in [-0.4, -0.2) is 26.7 Å². The van der Waals surface area contributed by atoms with Gasteiger partial charge < -0.3 is 5.73 Å². The standard InChI is InChI=1S/C17H22N4O3S/c1-10(2)8-9-21-15(23)12-6-4-5-7-13(12)19-17(21)25-11(3)14(22)20-16(18)24/h4-7,10-11H,8-9H2,1-3H3,(H3,18,20,22,24)/t11-/m0/s1. The SMILES string of the molecule is CC(C)CCn1c(S[C@@H](C)C(=O)NC(N)=O)nc2ccccc2c1=O. The van der Waals surface area contributed by atoms with Crippen LogP contribution < -0.4 is 16.6 Å². The molecule has 134 valence electrons. The summed E-state index contributed by atoms with van der Waals surface area (Å²) in [5, 5.41) is 2.43. The zero-order valence-electron chi connectivity index (χ0n) is 14.5. The van der Waals surface area contributed by atoms with Crippen LogP contribution in [0.3, 0.4) is 0 Å². The number of rotatable bonds is 6. The lowest BCUT2D eigenvalue weighted by Gasteiger charge is -2.16. The highest BCUT2D eigenvalue weighted by Crippen LogP contribution is 2.23. The molecule has 3 amide bonds. The van der Waals surface area contributed by atoms with E-state index in [0.717, 1.165) is 18.2 Å². The Hall–Kier alpha value is -2.35. The van der Waals surface area contributed by atoms with Gasteiger partial charge in [-0.3, -0.25) is 19.5 Å². The zero-order chi connectivity index (χ0) is 18.6.